The predicted octanol–water partition coefficient (Wildman–Crippen LogP) is 6.85. The number of carbonyl (C=O) groups is 2. The number of benzene rings is 4. The van der Waals surface area contributed by atoms with Crippen LogP contribution in [-0.4, -0.2) is 74.2 Å². The van der Waals surface area contributed by atoms with Gasteiger partial charge in [0.2, 0.25) is 10.0 Å². The van der Waals surface area contributed by atoms with Crippen LogP contribution in [0.15, 0.2) is 108 Å². The topological polar surface area (TPSA) is 130 Å². The van der Waals surface area contributed by atoms with E-state index in [4.69, 9.17) is 14.6 Å². The van der Waals surface area contributed by atoms with E-state index in [1.807, 2.05) is 24.3 Å². The minimum atomic E-state index is -4.11. The lowest BCUT2D eigenvalue weighted by Crippen LogP contribution is -2.30. The number of halogens is 1. The number of nitrogens with one attached hydrogen (secondary N) is 1. The molecule has 0 aliphatic carbocycles. The van der Waals surface area contributed by atoms with E-state index in [9.17, 15) is 18.0 Å². The first-order valence-electron chi connectivity index (χ1n) is 16.3. The van der Waals surface area contributed by atoms with Gasteiger partial charge in [-0.1, -0.05) is 36.4 Å². The number of ether oxygens (including phenoxy) is 2. The van der Waals surface area contributed by atoms with Crippen molar-refractivity contribution < 1.29 is 37.0 Å². The summed E-state index contributed by atoms with van der Waals surface area (Å²) in [7, 11) is 2.31. The number of allylic oxidation sites excluding steroid dienone is 1. The van der Waals surface area contributed by atoms with Crippen LogP contribution in [0, 0.1) is 6.92 Å². The number of carboxylic acid groups (broad SMARTS) is 1. The average Bonchev–Trinajstić information content (AvgIpc) is 3.40. The first kappa shape index (κ1) is 37.6. The van der Waals surface area contributed by atoms with Crippen molar-refractivity contribution in [3.8, 4) is 22.6 Å². The van der Waals surface area contributed by atoms with Crippen LogP contribution in [-0.2, 0) is 29.7 Å². The summed E-state index contributed by atoms with van der Waals surface area (Å²) < 4.78 is 58.0. The van der Waals surface area contributed by atoms with Gasteiger partial charge in [0.25, 0.3) is 5.91 Å². The van der Waals surface area contributed by atoms with Crippen molar-refractivity contribution in [3.63, 3.8) is 0 Å². The van der Waals surface area contributed by atoms with Crippen LogP contribution >= 0.6 is 0 Å². The number of hydrogen-bond acceptors (Lipinski definition) is 6. The molecule has 52 heavy (non-hydrogen) atoms. The third-order valence-electron chi connectivity index (χ3n) is 8.66. The number of sulfonamides is 1. The molecule has 0 atom stereocenters. The minimum absolute atomic E-state index is 0.0543. The molecule has 1 heterocycles. The van der Waals surface area contributed by atoms with Gasteiger partial charge < -0.3 is 29.4 Å². The van der Waals surface area contributed by atoms with Crippen LogP contribution in [0.3, 0.4) is 0 Å². The molecule has 4 aromatic carbocycles. The summed E-state index contributed by atoms with van der Waals surface area (Å²) in [6.45, 7) is 1.54. The quantitative estimate of drug-likeness (QED) is 0.128. The molecule has 272 valence electrons. The Morgan fingerprint density at radius 3 is 2.02 bits per heavy atom. The molecule has 0 bridgehead atoms. The Morgan fingerprint density at radius 1 is 0.885 bits per heavy atom. The second-order valence-electron chi connectivity index (χ2n) is 12.3. The van der Waals surface area contributed by atoms with Crippen molar-refractivity contribution >= 4 is 32.9 Å². The van der Waals surface area contributed by atoms with E-state index in [2.05, 4.69) is 5.32 Å². The maximum Gasteiger partial charge on any atom is 0.404 e. The van der Waals surface area contributed by atoms with Crippen molar-refractivity contribution in [2.24, 2.45) is 0 Å². The van der Waals surface area contributed by atoms with Crippen LogP contribution in [0.2, 0.25) is 0 Å². The van der Waals surface area contributed by atoms with E-state index in [0.717, 1.165) is 17.2 Å². The molecule has 0 saturated heterocycles. The largest absolute Gasteiger partial charge is 0.497 e. The fourth-order valence-corrected chi connectivity index (χ4v) is 7.43. The number of hydrogen-bond donors (Lipinski definition) is 2. The number of rotatable bonds is 14. The highest BCUT2D eigenvalue weighted by Gasteiger charge is 2.27. The molecule has 2 amide bonds. The number of amides is 2. The Balaban J connectivity index is 1.61. The second kappa shape index (κ2) is 16.1. The molecular formula is C39H41FN4O7S. The molecule has 0 fully saturated rings. The first-order chi connectivity index (χ1) is 24.8. The number of nitrogens with zero attached hydrogens (tertiary/aromatic N) is 3. The zero-order valence-corrected chi connectivity index (χ0v) is 30.4. The van der Waals surface area contributed by atoms with Gasteiger partial charge in [0.15, 0.2) is 0 Å². The molecule has 2 N–H and O–H groups in total. The fourth-order valence-electron chi connectivity index (χ4n) is 5.96. The summed E-state index contributed by atoms with van der Waals surface area (Å²) in [6.07, 6.45) is -0.121. The normalized spacial score (nSPS) is 11.9. The van der Waals surface area contributed by atoms with Crippen LogP contribution in [0.4, 0.5) is 9.18 Å². The molecule has 0 aliphatic rings. The molecule has 11 nitrogen and oxygen atoms in total. The van der Waals surface area contributed by atoms with Crippen molar-refractivity contribution in [3.05, 3.63) is 125 Å². The van der Waals surface area contributed by atoms with Gasteiger partial charge in [-0.2, -0.15) is 4.31 Å². The maximum absolute atomic E-state index is 15.2. The smallest absolute Gasteiger partial charge is 0.404 e. The number of fused-ring (bicyclic) bond motifs is 1. The van der Waals surface area contributed by atoms with Gasteiger partial charge in [0.1, 0.15) is 17.3 Å². The first-order valence-corrected chi connectivity index (χ1v) is 17.8. The van der Waals surface area contributed by atoms with E-state index in [-0.39, 0.29) is 37.0 Å². The molecule has 13 heteroatoms. The zero-order valence-electron chi connectivity index (χ0n) is 29.6. The van der Waals surface area contributed by atoms with E-state index in [1.165, 1.54) is 9.21 Å². The molecule has 0 aliphatic heterocycles. The lowest BCUT2D eigenvalue weighted by atomic mass is 10.0. The van der Waals surface area contributed by atoms with Gasteiger partial charge in [0, 0.05) is 61.5 Å². The van der Waals surface area contributed by atoms with Crippen molar-refractivity contribution in [1.29, 1.82) is 0 Å². The molecular weight excluding hydrogens is 688 g/mol. The Kier molecular flexibility index (Phi) is 11.7. The van der Waals surface area contributed by atoms with Crippen molar-refractivity contribution in [2.75, 3.05) is 34.9 Å². The Labute approximate surface area is 302 Å². The van der Waals surface area contributed by atoms with E-state index < -0.39 is 21.9 Å². The Bertz CT molecular complexity index is 2160. The molecule has 0 unspecified atom stereocenters. The SMILES string of the molecule is COc1ccc(CN(Cc2ccc(OC)cc2)S(=O)(=O)c2cccc(-c3c(C)n(C/C(F)=C/CNC(=O)O)c4ccc(C(=O)N(C)C)cc34)c2)cc1. The van der Waals surface area contributed by atoms with Gasteiger partial charge in [-0.25, -0.2) is 17.6 Å². The van der Waals surface area contributed by atoms with Crippen molar-refractivity contribution in [1.82, 2.24) is 19.1 Å². The highest BCUT2D eigenvalue weighted by Crippen LogP contribution is 2.37. The maximum atomic E-state index is 15.2. The summed E-state index contributed by atoms with van der Waals surface area (Å²) in [5.74, 6) is 0.502. The molecule has 0 radical (unpaired) electrons. The summed E-state index contributed by atoms with van der Waals surface area (Å²) in [5.41, 5.74) is 4.37. The number of aromatic nitrogens is 1. The van der Waals surface area contributed by atoms with Gasteiger partial charge in [-0.05, 0) is 84.3 Å². The highest BCUT2D eigenvalue weighted by molar-refractivity contribution is 7.89. The Morgan fingerprint density at radius 2 is 1.48 bits per heavy atom. The van der Waals surface area contributed by atoms with Gasteiger partial charge in [-0.3, -0.25) is 4.79 Å². The van der Waals surface area contributed by atoms with Crippen LogP contribution in [0.1, 0.15) is 27.2 Å². The molecule has 5 aromatic rings. The summed E-state index contributed by atoms with van der Waals surface area (Å²) >= 11 is 0. The highest BCUT2D eigenvalue weighted by atomic mass is 32.2. The van der Waals surface area contributed by atoms with Crippen LogP contribution in [0.5, 0.6) is 11.5 Å². The summed E-state index contributed by atoms with van der Waals surface area (Å²) in [5, 5.41) is 11.6. The van der Waals surface area contributed by atoms with Crippen LogP contribution < -0.4 is 14.8 Å². The van der Waals surface area contributed by atoms with Crippen molar-refractivity contribution in [2.45, 2.75) is 31.5 Å². The third-order valence-corrected chi connectivity index (χ3v) is 10.4. The van der Waals surface area contributed by atoms with E-state index in [1.54, 1.807) is 107 Å². The molecule has 5 rings (SSSR count). The molecule has 1 aromatic heterocycles. The van der Waals surface area contributed by atoms with E-state index in [0.29, 0.717) is 44.8 Å². The lowest BCUT2D eigenvalue weighted by Gasteiger charge is -2.23. The fraction of sp³-hybridized carbons (Fsp3) is 0.231. The predicted molar refractivity (Wildman–Crippen MR) is 198 cm³/mol. The second-order valence-corrected chi connectivity index (χ2v) is 14.3. The third kappa shape index (κ3) is 8.44. The average molecular weight is 729 g/mol. The van der Waals surface area contributed by atoms with Gasteiger partial charge in [-0.15, -0.1) is 0 Å². The lowest BCUT2D eigenvalue weighted by molar-refractivity contribution is 0.0827. The summed E-state index contributed by atoms with van der Waals surface area (Å²) in [4.78, 5) is 25.4. The minimum Gasteiger partial charge on any atom is -0.497 e. The molecule has 0 saturated carbocycles. The number of carbonyl (C=O) groups excluding carboxylic acids is 1. The Hall–Kier alpha value is -5.66. The van der Waals surface area contributed by atoms with Gasteiger partial charge in [0.05, 0.1) is 25.7 Å². The monoisotopic (exact) mass is 728 g/mol. The van der Waals surface area contributed by atoms with E-state index >= 15 is 4.39 Å². The van der Waals surface area contributed by atoms with Crippen LogP contribution in [0.25, 0.3) is 22.0 Å². The molecule has 0 spiro atoms. The number of methoxy groups -OCH3 is 2. The van der Waals surface area contributed by atoms with Gasteiger partial charge >= 0.3 is 6.09 Å². The summed E-state index contributed by atoms with van der Waals surface area (Å²) in [6, 6.07) is 26.1. The zero-order chi connectivity index (χ0) is 37.6. The standard InChI is InChI=1S/C39H41FN4O7S/c1-26-37(35-22-30(38(45)42(2)3)13-18-36(35)44(26)25-31(40)19-20-41-39(46)47)29-7-6-8-34(21-29)52(48,49)43(23-27-9-14-32(50-4)15-10-27)24-28-11-16-33(51-5)17-12-28/h6-19,21-22,41H,20,23-25H2,1-5H3,(H,46,47)/b31-19-.